The van der Waals surface area contributed by atoms with Gasteiger partial charge in [-0.3, -0.25) is 0 Å². The molecule has 0 aromatic heterocycles. The molecule has 2 unspecified atom stereocenters. The molecule has 0 spiro atoms. The van der Waals surface area contributed by atoms with Crippen molar-refractivity contribution in [3.05, 3.63) is 0 Å². The van der Waals surface area contributed by atoms with Crippen molar-refractivity contribution in [1.82, 2.24) is 5.32 Å². The number of carbonyl (C=O) groups excluding carboxylic acids is 1. The Labute approximate surface area is 129 Å². The molecular formula is C17H33NO3. The molecule has 0 aromatic carbocycles. The first-order valence-corrected chi connectivity index (χ1v) is 8.27. The van der Waals surface area contributed by atoms with E-state index in [-0.39, 0.29) is 18.1 Å². The third kappa shape index (κ3) is 7.16. The van der Waals surface area contributed by atoms with Gasteiger partial charge in [0.1, 0.15) is 5.60 Å². The molecule has 0 aliphatic heterocycles. The highest BCUT2D eigenvalue weighted by Gasteiger charge is 2.38. The molecule has 2 N–H and O–H groups in total. The minimum Gasteiger partial charge on any atom is -0.444 e. The minimum absolute atomic E-state index is 0.129. The van der Waals surface area contributed by atoms with Crippen LogP contribution in [0.5, 0.6) is 0 Å². The van der Waals surface area contributed by atoms with Gasteiger partial charge in [0.15, 0.2) is 0 Å². The van der Waals surface area contributed by atoms with E-state index in [1.807, 2.05) is 20.8 Å². The van der Waals surface area contributed by atoms with Crippen molar-refractivity contribution in [1.29, 1.82) is 0 Å². The summed E-state index contributed by atoms with van der Waals surface area (Å²) in [6.45, 7) is 10.6. The summed E-state index contributed by atoms with van der Waals surface area (Å²) in [6.07, 6.45) is 5.18. The highest BCUT2D eigenvalue weighted by Crippen LogP contribution is 2.43. The van der Waals surface area contributed by atoms with E-state index in [0.717, 1.165) is 25.2 Å². The minimum atomic E-state index is -0.487. The van der Waals surface area contributed by atoms with Crippen molar-refractivity contribution in [2.24, 2.45) is 17.3 Å². The average Bonchev–Trinajstić information content (AvgIpc) is 3.17. The number of aliphatic hydroxyl groups is 1. The molecule has 21 heavy (non-hydrogen) atoms. The van der Waals surface area contributed by atoms with Gasteiger partial charge in [-0.1, -0.05) is 33.1 Å². The van der Waals surface area contributed by atoms with Crippen LogP contribution in [0.1, 0.15) is 66.7 Å². The molecule has 124 valence electrons. The number of ether oxygens (including phenoxy) is 1. The van der Waals surface area contributed by atoms with Crippen LogP contribution in [0.15, 0.2) is 0 Å². The van der Waals surface area contributed by atoms with Gasteiger partial charge in [-0.25, -0.2) is 4.79 Å². The molecule has 1 fully saturated rings. The Morgan fingerprint density at radius 1 is 1.38 bits per heavy atom. The van der Waals surface area contributed by atoms with E-state index in [1.54, 1.807) is 0 Å². The Bertz CT molecular complexity index is 333. The summed E-state index contributed by atoms with van der Waals surface area (Å²) in [5.74, 6) is 1.28. The van der Waals surface area contributed by atoms with Gasteiger partial charge < -0.3 is 15.2 Å². The Morgan fingerprint density at radius 2 is 2.00 bits per heavy atom. The molecule has 1 amide bonds. The van der Waals surface area contributed by atoms with Crippen molar-refractivity contribution in [3.8, 4) is 0 Å². The normalized spacial score (nSPS) is 19.7. The van der Waals surface area contributed by atoms with Gasteiger partial charge >= 0.3 is 6.09 Å². The molecule has 0 aromatic rings. The molecule has 0 heterocycles. The Hall–Kier alpha value is -0.770. The lowest BCUT2D eigenvalue weighted by molar-refractivity contribution is 0.0409. The predicted octanol–water partition coefficient (Wildman–Crippen LogP) is 3.73. The highest BCUT2D eigenvalue weighted by atomic mass is 16.6. The van der Waals surface area contributed by atoms with E-state index in [4.69, 9.17) is 4.74 Å². The molecule has 2 atom stereocenters. The first kappa shape index (κ1) is 18.3. The summed E-state index contributed by atoms with van der Waals surface area (Å²) in [5, 5.41) is 12.8. The van der Waals surface area contributed by atoms with Crippen LogP contribution in [-0.2, 0) is 4.74 Å². The summed E-state index contributed by atoms with van der Waals surface area (Å²) in [7, 11) is 0. The lowest BCUT2D eigenvalue weighted by atomic mass is 9.75. The van der Waals surface area contributed by atoms with Crippen LogP contribution in [-0.4, -0.2) is 30.0 Å². The lowest BCUT2D eigenvalue weighted by Gasteiger charge is -2.35. The fourth-order valence-electron chi connectivity index (χ4n) is 2.80. The Balaban J connectivity index is 2.60. The van der Waals surface area contributed by atoms with Crippen molar-refractivity contribution in [2.45, 2.75) is 72.3 Å². The van der Waals surface area contributed by atoms with Crippen molar-refractivity contribution >= 4 is 6.09 Å². The van der Waals surface area contributed by atoms with Crippen LogP contribution in [0.4, 0.5) is 4.79 Å². The molecule has 1 rings (SSSR count). The summed E-state index contributed by atoms with van der Waals surface area (Å²) in [4.78, 5) is 11.9. The second-order valence-corrected chi connectivity index (χ2v) is 7.88. The molecule has 1 aliphatic rings. The van der Waals surface area contributed by atoms with Gasteiger partial charge in [0, 0.05) is 12.0 Å². The third-order valence-electron chi connectivity index (χ3n) is 4.24. The summed E-state index contributed by atoms with van der Waals surface area (Å²) >= 11 is 0. The van der Waals surface area contributed by atoms with Crippen LogP contribution in [0, 0.1) is 17.3 Å². The SMILES string of the molecule is CCC(C)CC(CO)(CNC(=O)OC(C)(C)C)CC1CC1. The largest absolute Gasteiger partial charge is 0.444 e. The fraction of sp³-hybridized carbons (Fsp3) is 0.941. The van der Waals surface area contributed by atoms with Crippen LogP contribution >= 0.6 is 0 Å². The summed E-state index contributed by atoms with van der Waals surface area (Å²) in [5.41, 5.74) is -0.688. The summed E-state index contributed by atoms with van der Waals surface area (Å²) in [6, 6.07) is 0. The fourth-order valence-corrected chi connectivity index (χ4v) is 2.80. The van der Waals surface area contributed by atoms with Gasteiger partial charge in [0.2, 0.25) is 0 Å². The number of amides is 1. The van der Waals surface area contributed by atoms with Gasteiger partial charge in [-0.15, -0.1) is 0 Å². The zero-order valence-corrected chi connectivity index (χ0v) is 14.4. The van der Waals surface area contributed by atoms with Gasteiger partial charge in [-0.2, -0.15) is 0 Å². The number of aliphatic hydroxyl groups excluding tert-OH is 1. The van der Waals surface area contributed by atoms with E-state index in [0.29, 0.717) is 12.5 Å². The molecule has 1 aliphatic carbocycles. The first-order chi connectivity index (χ1) is 9.69. The predicted molar refractivity (Wildman–Crippen MR) is 85.2 cm³/mol. The Kier molecular flexibility index (Phi) is 6.51. The molecule has 1 saturated carbocycles. The number of hydrogen-bond acceptors (Lipinski definition) is 3. The van der Waals surface area contributed by atoms with Crippen molar-refractivity contribution in [3.63, 3.8) is 0 Å². The lowest BCUT2D eigenvalue weighted by Crippen LogP contribution is -2.43. The monoisotopic (exact) mass is 299 g/mol. The van der Waals surface area contributed by atoms with Gasteiger partial charge in [0.05, 0.1) is 6.61 Å². The van der Waals surface area contributed by atoms with Crippen molar-refractivity contribution < 1.29 is 14.6 Å². The van der Waals surface area contributed by atoms with Crippen molar-refractivity contribution in [2.75, 3.05) is 13.2 Å². The summed E-state index contributed by atoms with van der Waals surface area (Å²) < 4.78 is 5.30. The maximum atomic E-state index is 11.9. The van der Waals surface area contributed by atoms with Crippen LogP contribution in [0.25, 0.3) is 0 Å². The zero-order valence-electron chi connectivity index (χ0n) is 14.4. The number of alkyl carbamates (subject to hydrolysis) is 1. The van der Waals surface area contributed by atoms with Gasteiger partial charge in [-0.05, 0) is 45.4 Å². The topological polar surface area (TPSA) is 58.6 Å². The maximum Gasteiger partial charge on any atom is 0.407 e. The molecular weight excluding hydrogens is 266 g/mol. The standard InChI is InChI=1S/C17H33NO3/c1-6-13(2)9-17(12-19,10-14-7-8-14)11-18-15(20)21-16(3,4)5/h13-14,19H,6-12H2,1-5H3,(H,18,20). The molecule has 0 radical (unpaired) electrons. The second kappa shape index (κ2) is 7.48. The van der Waals surface area contributed by atoms with E-state index < -0.39 is 5.60 Å². The number of hydrogen-bond donors (Lipinski definition) is 2. The van der Waals surface area contributed by atoms with Crippen LogP contribution < -0.4 is 5.32 Å². The number of rotatable bonds is 8. The zero-order chi connectivity index (χ0) is 16.1. The molecule has 0 bridgehead atoms. The van der Waals surface area contributed by atoms with Crippen LogP contribution in [0.3, 0.4) is 0 Å². The van der Waals surface area contributed by atoms with E-state index in [1.165, 1.54) is 12.8 Å². The second-order valence-electron chi connectivity index (χ2n) is 7.88. The number of nitrogens with one attached hydrogen (secondary N) is 1. The molecule has 4 heteroatoms. The van der Waals surface area contributed by atoms with Gasteiger partial charge in [0.25, 0.3) is 0 Å². The van der Waals surface area contributed by atoms with Crippen LogP contribution in [0.2, 0.25) is 0 Å². The maximum absolute atomic E-state index is 11.9. The first-order valence-electron chi connectivity index (χ1n) is 8.27. The quantitative estimate of drug-likeness (QED) is 0.718. The van der Waals surface area contributed by atoms with E-state index >= 15 is 0 Å². The molecule has 4 nitrogen and oxygen atoms in total. The van der Waals surface area contributed by atoms with E-state index in [2.05, 4.69) is 19.2 Å². The molecule has 0 saturated heterocycles. The van der Waals surface area contributed by atoms with E-state index in [9.17, 15) is 9.90 Å². The number of carbonyl (C=O) groups is 1. The highest BCUT2D eigenvalue weighted by molar-refractivity contribution is 5.67. The average molecular weight is 299 g/mol. The smallest absolute Gasteiger partial charge is 0.407 e. The Morgan fingerprint density at radius 3 is 2.43 bits per heavy atom. The third-order valence-corrected chi connectivity index (χ3v) is 4.24.